The third-order valence-electron chi connectivity index (χ3n) is 6.73. The molecule has 5 rings (SSSR count). The summed E-state index contributed by atoms with van der Waals surface area (Å²) in [5.74, 6) is 1.68. The topological polar surface area (TPSA) is 94.4 Å². The molecule has 186 valence electrons. The second-order valence-corrected chi connectivity index (χ2v) is 9.01. The summed E-state index contributed by atoms with van der Waals surface area (Å²) in [6.45, 7) is 5.35. The van der Waals surface area contributed by atoms with Crippen molar-refractivity contribution in [3.63, 3.8) is 0 Å². The Morgan fingerprint density at radius 3 is 2.56 bits per heavy atom. The van der Waals surface area contributed by atoms with E-state index in [1.54, 1.807) is 26.4 Å². The number of methoxy groups -OCH3 is 2. The maximum Gasteiger partial charge on any atom is 0.229 e. The van der Waals surface area contributed by atoms with Crippen LogP contribution in [0.3, 0.4) is 0 Å². The highest BCUT2D eigenvalue weighted by molar-refractivity contribution is 5.95. The monoisotopic (exact) mass is 486 g/mol. The minimum absolute atomic E-state index is 0.0331. The first kappa shape index (κ1) is 23.6. The molecule has 3 heterocycles. The first-order valence-electron chi connectivity index (χ1n) is 12.1. The van der Waals surface area contributed by atoms with Crippen molar-refractivity contribution in [3.05, 3.63) is 59.9 Å². The first-order chi connectivity index (χ1) is 17.5. The molecule has 4 aromatic rings. The molecule has 0 saturated carbocycles. The molecule has 36 heavy (non-hydrogen) atoms. The third kappa shape index (κ3) is 4.32. The molecule has 1 aliphatic rings. The summed E-state index contributed by atoms with van der Waals surface area (Å²) < 4.78 is 12.6. The van der Waals surface area contributed by atoms with E-state index in [-0.39, 0.29) is 11.8 Å². The number of benzene rings is 2. The number of para-hydroxylation sites is 1. The van der Waals surface area contributed by atoms with E-state index in [0.717, 1.165) is 53.2 Å². The van der Waals surface area contributed by atoms with Crippen LogP contribution in [0.2, 0.25) is 0 Å². The number of aryl methyl sites for hydroxylation is 2. The number of ether oxygens (including phenoxy) is 2. The van der Waals surface area contributed by atoms with Crippen molar-refractivity contribution in [2.75, 3.05) is 37.5 Å². The molecule has 0 aliphatic carbocycles. The van der Waals surface area contributed by atoms with E-state index >= 15 is 0 Å². The second-order valence-electron chi connectivity index (χ2n) is 9.01. The van der Waals surface area contributed by atoms with Gasteiger partial charge in [-0.3, -0.25) is 4.79 Å². The van der Waals surface area contributed by atoms with Crippen LogP contribution in [0.15, 0.2) is 48.5 Å². The van der Waals surface area contributed by atoms with Crippen molar-refractivity contribution in [1.82, 2.24) is 20.0 Å². The van der Waals surface area contributed by atoms with Crippen molar-refractivity contribution in [2.45, 2.75) is 26.7 Å². The number of aromatic nitrogens is 4. The molecule has 1 aliphatic heterocycles. The molecule has 0 spiro atoms. The van der Waals surface area contributed by atoms with Gasteiger partial charge in [-0.25, -0.2) is 4.68 Å². The summed E-state index contributed by atoms with van der Waals surface area (Å²) in [4.78, 5) is 15.3. The lowest BCUT2D eigenvalue weighted by Crippen LogP contribution is -2.41. The van der Waals surface area contributed by atoms with Gasteiger partial charge in [-0.2, -0.15) is 10.2 Å². The predicted octanol–water partition coefficient (Wildman–Crippen LogP) is 4.30. The summed E-state index contributed by atoms with van der Waals surface area (Å²) in [6.07, 6.45) is 1.68. The molecule has 1 saturated heterocycles. The van der Waals surface area contributed by atoms with Crippen LogP contribution in [0.1, 0.15) is 24.2 Å². The van der Waals surface area contributed by atoms with Gasteiger partial charge in [0.15, 0.2) is 17.3 Å². The Hall–Kier alpha value is -4.14. The van der Waals surface area contributed by atoms with E-state index in [1.807, 2.05) is 48.0 Å². The highest BCUT2D eigenvalue weighted by atomic mass is 16.5. The van der Waals surface area contributed by atoms with Gasteiger partial charge < -0.3 is 19.7 Å². The Bertz CT molecular complexity index is 1400. The van der Waals surface area contributed by atoms with Crippen LogP contribution in [0, 0.1) is 19.8 Å². The van der Waals surface area contributed by atoms with E-state index in [9.17, 15) is 4.79 Å². The lowest BCUT2D eigenvalue weighted by Gasteiger charge is -2.32. The van der Waals surface area contributed by atoms with Crippen LogP contribution in [0.25, 0.3) is 16.6 Å². The molecule has 2 aromatic heterocycles. The highest BCUT2D eigenvalue weighted by Gasteiger charge is 2.29. The number of anilines is 2. The lowest BCUT2D eigenvalue weighted by atomic mass is 9.96. The Labute approximate surface area is 210 Å². The molecule has 1 fully saturated rings. The smallest absolute Gasteiger partial charge is 0.229 e. The minimum Gasteiger partial charge on any atom is -0.493 e. The summed E-state index contributed by atoms with van der Waals surface area (Å²) in [5, 5.41) is 18.0. The van der Waals surface area contributed by atoms with Crippen LogP contribution in [0.5, 0.6) is 11.5 Å². The van der Waals surface area contributed by atoms with Crippen LogP contribution in [-0.4, -0.2) is 53.2 Å². The largest absolute Gasteiger partial charge is 0.493 e. The number of nitrogens with one attached hydrogen (secondary N) is 1. The molecule has 0 bridgehead atoms. The van der Waals surface area contributed by atoms with Crippen molar-refractivity contribution in [1.29, 1.82) is 0 Å². The highest BCUT2D eigenvalue weighted by Crippen LogP contribution is 2.33. The third-order valence-corrected chi connectivity index (χ3v) is 6.73. The Morgan fingerprint density at radius 2 is 1.81 bits per heavy atom. The average molecular weight is 487 g/mol. The predicted molar refractivity (Wildman–Crippen MR) is 139 cm³/mol. The quantitative estimate of drug-likeness (QED) is 0.434. The zero-order valence-corrected chi connectivity index (χ0v) is 21.0. The number of rotatable bonds is 6. The van der Waals surface area contributed by atoms with Gasteiger partial charge in [0.25, 0.3) is 0 Å². The van der Waals surface area contributed by atoms with Gasteiger partial charge in [-0.15, -0.1) is 5.10 Å². The van der Waals surface area contributed by atoms with Crippen LogP contribution < -0.4 is 19.7 Å². The Balaban J connectivity index is 1.41. The molecule has 9 nitrogen and oxygen atoms in total. The van der Waals surface area contributed by atoms with Crippen LogP contribution in [0.4, 0.5) is 11.5 Å². The van der Waals surface area contributed by atoms with Crippen LogP contribution >= 0.6 is 0 Å². The molecule has 1 amide bonds. The van der Waals surface area contributed by atoms with Gasteiger partial charge in [-0.1, -0.05) is 18.2 Å². The molecule has 9 heteroatoms. The number of carbonyl (C=O) groups excluding carboxylic acids is 1. The normalized spacial score (nSPS) is 15.7. The van der Waals surface area contributed by atoms with Gasteiger partial charge >= 0.3 is 0 Å². The van der Waals surface area contributed by atoms with Crippen molar-refractivity contribution in [2.24, 2.45) is 5.92 Å². The second kappa shape index (κ2) is 9.85. The molecule has 0 radical (unpaired) electrons. The molecule has 2 aromatic carbocycles. The molecule has 0 unspecified atom stereocenters. The maximum atomic E-state index is 13.2. The van der Waals surface area contributed by atoms with E-state index in [4.69, 9.17) is 14.6 Å². The van der Waals surface area contributed by atoms with Crippen molar-refractivity contribution in [3.8, 4) is 17.2 Å². The summed E-state index contributed by atoms with van der Waals surface area (Å²) >= 11 is 0. The van der Waals surface area contributed by atoms with E-state index < -0.39 is 0 Å². The zero-order chi connectivity index (χ0) is 25.2. The van der Waals surface area contributed by atoms with E-state index in [2.05, 4.69) is 27.3 Å². The number of fused-ring (bicyclic) bond motifs is 1. The van der Waals surface area contributed by atoms with Gasteiger partial charge in [0.1, 0.15) is 5.52 Å². The number of hydrogen-bond acceptors (Lipinski definition) is 7. The SMILES string of the molecule is COc1ccc(NC(=O)[C@@H]2CCCN(c3nnc(C)c4c(C)n(-c5ccccc5)nc34)C2)cc1OC. The van der Waals surface area contributed by atoms with Gasteiger partial charge in [0.05, 0.1) is 42.6 Å². The number of amides is 1. The zero-order valence-electron chi connectivity index (χ0n) is 21.0. The van der Waals surface area contributed by atoms with E-state index in [0.29, 0.717) is 23.7 Å². The van der Waals surface area contributed by atoms with E-state index in [1.165, 1.54) is 0 Å². The number of piperidine rings is 1. The van der Waals surface area contributed by atoms with Crippen LogP contribution in [-0.2, 0) is 4.79 Å². The minimum atomic E-state index is -0.192. The molecule has 1 N–H and O–H groups in total. The summed E-state index contributed by atoms with van der Waals surface area (Å²) in [6, 6.07) is 15.4. The van der Waals surface area contributed by atoms with Gasteiger partial charge in [0.2, 0.25) is 5.91 Å². The average Bonchev–Trinajstić information content (AvgIpc) is 3.27. The van der Waals surface area contributed by atoms with Crippen molar-refractivity contribution >= 4 is 28.3 Å². The summed E-state index contributed by atoms with van der Waals surface area (Å²) in [5.41, 5.74) is 4.33. The van der Waals surface area contributed by atoms with Gasteiger partial charge in [-0.05, 0) is 51.0 Å². The van der Waals surface area contributed by atoms with Gasteiger partial charge in [0, 0.05) is 24.8 Å². The summed E-state index contributed by atoms with van der Waals surface area (Å²) in [7, 11) is 3.16. The Morgan fingerprint density at radius 1 is 1.03 bits per heavy atom. The first-order valence-corrected chi connectivity index (χ1v) is 12.1. The maximum absolute atomic E-state index is 13.2. The fraction of sp³-hybridized carbons (Fsp3) is 0.333. The standard InChI is InChI=1S/C27H30N6O3/c1-17-24-18(2)33(21-10-6-5-7-11-21)31-25(24)26(30-29-17)32-14-8-9-19(16-32)27(34)28-20-12-13-22(35-3)23(15-20)36-4/h5-7,10-13,15,19H,8-9,14,16H2,1-4H3,(H,28,34)/t19-/m1/s1. The Kier molecular flexibility index (Phi) is 6.45. The number of carbonyl (C=O) groups is 1. The number of hydrogen-bond donors (Lipinski definition) is 1. The fourth-order valence-corrected chi connectivity index (χ4v) is 4.89. The lowest BCUT2D eigenvalue weighted by molar-refractivity contribution is -0.120. The molecule has 1 atom stereocenters. The number of nitrogens with zero attached hydrogens (tertiary/aromatic N) is 5. The molecular formula is C27H30N6O3. The fourth-order valence-electron chi connectivity index (χ4n) is 4.89. The molecular weight excluding hydrogens is 456 g/mol. The van der Waals surface area contributed by atoms with Crippen molar-refractivity contribution < 1.29 is 14.3 Å².